The van der Waals surface area contributed by atoms with Crippen LogP contribution in [0.1, 0.15) is 43.1 Å². The molecule has 106 valence electrons. The fourth-order valence-electron chi connectivity index (χ4n) is 2.15. The van der Waals surface area contributed by atoms with Gasteiger partial charge in [0.15, 0.2) is 0 Å². The second-order valence-electron chi connectivity index (χ2n) is 5.27. The van der Waals surface area contributed by atoms with Crippen LogP contribution in [-0.2, 0) is 0 Å². The fourth-order valence-corrected chi connectivity index (χ4v) is 2.94. The van der Waals surface area contributed by atoms with E-state index in [1.807, 2.05) is 12.1 Å². The molecule has 4 nitrogen and oxygen atoms in total. The van der Waals surface area contributed by atoms with Gasteiger partial charge < -0.3 is 9.64 Å². The zero-order valence-corrected chi connectivity index (χ0v) is 12.9. The monoisotopic (exact) mass is 289 g/mol. The van der Waals surface area contributed by atoms with E-state index in [9.17, 15) is 0 Å². The minimum atomic E-state index is 0.265. The van der Waals surface area contributed by atoms with Gasteiger partial charge in [-0.3, -0.25) is 0 Å². The van der Waals surface area contributed by atoms with Gasteiger partial charge in [0.1, 0.15) is 11.6 Å². The van der Waals surface area contributed by atoms with Gasteiger partial charge in [-0.1, -0.05) is 12.1 Å². The number of methoxy groups -OCH3 is 1. The highest BCUT2D eigenvalue weighted by Crippen LogP contribution is 2.40. The van der Waals surface area contributed by atoms with Crippen molar-refractivity contribution >= 4 is 16.7 Å². The van der Waals surface area contributed by atoms with E-state index in [1.165, 1.54) is 29.9 Å². The average Bonchev–Trinajstić information content (AvgIpc) is 3.23. The van der Waals surface area contributed by atoms with Gasteiger partial charge in [0.2, 0.25) is 5.13 Å². The molecule has 1 fully saturated rings. The van der Waals surface area contributed by atoms with Gasteiger partial charge in [-0.2, -0.15) is 4.37 Å². The number of nitrogens with zero attached hydrogens (tertiary/aromatic N) is 3. The lowest BCUT2D eigenvalue weighted by Gasteiger charge is -2.24. The minimum Gasteiger partial charge on any atom is -0.497 e. The molecule has 0 bridgehead atoms. The Kier molecular flexibility index (Phi) is 3.61. The minimum absolute atomic E-state index is 0.265. The van der Waals surface area contributed by atoms with Gasteiger partial charge in [0, 0.05) is 24.5 Å². The number of ether oxygens (including phenoxy) is 1. The van der Waals surface area contributed by atoms with Crippen molar-refractivity contribution in [3.63, 3.8) is 0 Å². The molecule has 1 aliphatic rings. The predicted octanol–water partition coefficient (Wildman–Crippen LogP) is 3.62. The molecule has 3 rings (SSSR count). The van der Waals surface area contributed by atoms with Crippen molar-refractivity contribution in [3.05, 3.63) is 35.7 Å². The summed E-state index contributed by atoms with van der Waals surface area (Å²) in [4.78, 5) is 6.85. The number of benzene rings is 1. The van der Waals surface area contributed by atoms with E-state index in [2.05, 4.69) is 40.4 Å². The first kappa shape index (κ1) is 13.4. The van der Waals surface area contributed by atoms with Crippen molar-refractivity contribution in [2.24, 2.45) is 0 Å². The van der Waals surface area contributed by atoms with E-state index in [0.29, 0.717) is 5.92 Å². The maximum absolute atomic E-state index is 5.20. The van der Waals surface area contributed by atoms with Crippen molar-refractivity contribution in [2.75, 3.05) is 19.1 Å². The number of rotatable bonds is 5. The Bertz CT molecular complexity index is 577. The Balaban J connectivity index is 1.75. The van der Waals surface area contributed by atoms with Gasteiger partial charge in [-0.25, -0.2) is 4.98 Å². The molecular weight excluding hydrogens is 270 g/mol. The summed E-state index contributed by atoms with van der Waals surface area (Å²) in [6.07, 6.45) is 2.49. The molecule has 20 heavy (non-hydrogen) atoms. The first-order valence-corrected chi connectivity index (χ1v) is 7.66. The molecule has 5 heteroatoms. The van der Waals surface area contributed by atoms with Crippen molar-refractivity contribution in [1.29, 1.82) is 0 Å². The molecule has 0 amide bonds. The van der Waals surface area contributed by atoms with Gasteiger partial charge >= 0.3 is 0 Å². The van der Waals surface area contributed by atoms with Crippen LogP contribution >= 0.6 is 11.5 Å². The Labute approximate surface area is 123 Å². The van der Waals surface area contributed by atoms with Crippen LogP contribution in [0.4, 0.5) is 5.13 Å². The van der Waals surface area contributed by atoms with Gasteiger partial charge in [0.05, 0.1) is 13.2 Å². The lowest BCUT2D eigenvalue weighted by Crippen LogP contribution is -2.21. The summed E-state index contributed by atoms with van der Waals surface area (Å²) in [5.74, 6) is 2.53. The topological polar surface area (TPSA) is 38.2 Å². The number of hydrogen-bond donors (Lipinski definition) is 0. The van der Waals surface area contributed by atoms with Gasteiger partial charge in [0.25, 0.3) is 0 Å². The van der Waals surface area contributed by atoms with E-state index in [1.54, 1.807) is 7.11 Å². The lowest BCUT2D eigenvalue weighted by molar-refractivity contribution is 0.414. The molecule has 0 radical (unpaired) electrons. The average molecular weight is 289 g/mol. The third-order valence-corrected chi connectivity index (χ3v) is 4.68. The summed E-state index contributed by atoms with van der Waals surface area (Å²) in [6.45, 7) is 2.18. The second kappa shape index (κ2) is 5.40. The first-order chi connectivity index (χ1) is 9.69. The van der Waals surface area contributed by atoms with E-state index >= 15 is 0 Å². The van der Waals surface area contributed by atoms with Crippen molar-refractivity contribution in [1.82, 2.24) is 9.36 Å². The summed E-state index contributed by atoms with van der Waals surface area (Å²) in [7, 11) is 3.76. The SMILES string of the molecule is COc1ccc(C(C)N(C)c2nc(C3CC3)ns2)cc1. The molecule has 1 aromatic carbocycles. The molecule has 0 aliphatic heterocycles. The molecule has 0 saturated heterocycles. The van der Waals surface area contributed by atoms with E-state index in [-0.39, 0.29) is 6.04 Å². The zero-order chi connectivity index (χ0) is 14.1. The molecule has 0 spiro atoms. The Morgan fingerprint density at radius 2 is 2.00 bits per heavy atom. The molecule has 1 aromatic heterocycles. The standard InChI is InChI=1S/C15H19N3OS/c1-10(11-6-8-13(19-3)9-7-11)18(2)15-16-14(17-20-15)12-4-5-12/h6-10,12H,4-5H2,1-3H3. The normalized spacial score (nSPS) is 15.9. The van der Waals surface area contributed by atoms with Gasteiger partial charge in [-0.05, 0) is 37.5 Å². The third kappa shape index (κ3) is 2.63. The van der Waals surface area contributed by atoms with Crippen LogP contribution in [0.3, 0.4) is 0 Å². The highest BCUT2D eigenvalue weighted by atomic mass is 32.1. The highest BCUT2D eigenvalue weighted by Gasteiger charge is 2.28. The Morgan fingerprint density at radius 3 is 2.60 bits per heavy atom. The predicted molar refractivity (Wildman–Crippen MR) is 81.7 cm³/mol. The van der Waals surface area contributed by atoms with Crippen LogP contribution in [0.25, 0.3) is 0 Å². The summed E-state index contributed by atoms with van der Waals surface area (Å²) in [6, 6.07) is 8.46. The van der Waals surface area contributed by atoms with Crippen LogP contribution in [0, 0.1) is 0 Å². The van der Waals surface area contributed by atoms with E-state index in [0.717, 1.165) is 16.7 Å². The highest BCUT2D eigenvalue weighted by molar-refractivity contribution is 7.09. The zero-order valence-electron chi connectivity index (χ0n) is 12.0. The van der Waals surface area contributed by atoms with Crippen LogP contribution < -0.4 is 9.64 Å². The summed E-state index contributed by atoms with van der Waals surface area (Å²) in [5.41, 5.74) is 1.25. The van der Waals surface area contributed by atoms with E-state index < -0.39 is 0 Å². The number of hydrogen-bond acceptors (Lipinski definition) is 5. The van der Waals surface area contributed by atoms with Crippen molar-refractivity contribution in [2.45, 2.75) is 31.7 Å². The Hall–Kier alpha value is -1.62. The molecule has 1 aliphatic carbocycles. The fraction of sp³-hybridized carbons (Fsp3) is 0.467. The molecule has 1 unspecified atom stereocenters. The molecule has 2 aromatic rings. The quantitative estimate of drug-likeness (QED) is 0.842. The molecule has 1 atom stereocenters. The first-order valence-electron chi connectivity index (χ1n) is 6.89. The maximum Gasteiger partial charge on any atom is 0.205 e. The second-order valence-corrected chi connectivity index (χ2v) is 6.00. The van der Waals surface area contributed by atoms with E-state index in [4.69, 9.17) is 4.74 Å². The third-order valence-electron chi connectivity index (χ3n) is 3.85. The van der Waals surface area contributed by atoms with Crippen molar-refractivity contribution < 1.29 is 4.74 Å². The maximum atomic E-state index is 5.20. The molecule has 1 heterocycles. The summed E-state index contributed by atoms with van der Waals surface area (Å²) in [5, 5.41) is 0.996. The molecule has 0 N–H and O–H groups in total. The van der Waals surface area contributed by atoms with Gasteiger partial charge in [-0.15, -0.1) is 0 Å². The smallest absolute Gasteiger partial charge is 0.205 e. The molecular formula is C15H19N3OS. The number of aromatic nitrogens is 2. The van der Waals surface area contributed by atoms with Crippen LogP contribution in [0.2, 0.25) is 0 Å². The van der Waals surface area contributed by atoms with Crippen LogP contribution in [0.5, 0.6) is 5.75 Å². The summed E-state index contributed by atoms with van der Waals surface area (Å²) >= 11 is 1.50. The Morgan fingerprint density at radius 1 is 1.30 bits per heavy atom. The largest absolute Gasteiger partial charge is 0.497 e. The lowest BCUT2D eigenvalue weighted by atomic mass is 10.1. The van der Waals surface area contributed by atoms with Crippen LogP contribution in [0.15, 0.2) is 24.3 Å². The van der Waals surface area contributed by atoms with Crippen molar-refractivity contribution in [3.8, 4) is 5.75 Å². The molecule has 1 saturated carbocycles. The number of anilines is 1. The van der Waals surface area contributed by atoms with Crippen LogP contribution in [-0.4, -0.2) is 23.5 Å². The summed E-state index contributed by atoms with van der Waals surface area (Å²) < 4.78 is 9.67.